The fourth-order valence-corrected chi connectivity index (χ4v) is 2.34. The van der Waals surface area contributed by atoms with Gasteiger partial charge in [-0.05, 0) is 25.0 Å². The third kappa shape index (κ3) is 3.12. The second-order valence-corrected chi connectivity index (χ2v) is 4.60. The quantitative estimate of drug-likeness (QED) is 0.791. The summed E-state index contributed by atoms with van der Waals surface area (Å²) in [6.45, 7) is 0. The molecule has 0 bridgehead atoms. The van der Waals surface area contributed by atoms with E-state index >= 15 is 0 Å². The van der Waals surface area contributed by atoms with Crippen LogP contribution >= 0.6 is 0 Å². The van der Waals surface area contributed by atoms with E-state index in [1.807, 2.05) is 12.1 Å². The van der Waals surface area contributed by atoms with Crippen LogP contribution in [0.4, 0.5) is 0 Å². The van der Waals surface area contributed by atoms with Gasteiger partial charge >= 0.3 is 0 Å². The first kappa shape index (κ1) is 11.2. The molecular formula is C13H20N2O. The zero-order valence-corrected chi connectivity index (χ0v) is 9.67. The van der Waals surface area contributed by atoms with E-state index in [1.165, 1.54) is 32.1 Å². The van der Waals surface area contributed by atoms with E-state index in [9.17, 15) is 4.79 Å². The molecular weight excluding hydrogens is 200 g/mol. The summed E-state index contributed by atoms with van der Waals surface area (Å²) in [6.07, 6.45) is 10.5. The van der Waals surface area contributed by atoms with Gasteiger partial charge in [0.25, 0.3) is 5.91 Å². The van der Waals surface area contributed by atoms with E-state index in [0.717, 1.165) is 12.8 Å². The van der Waals surface area contributed by atoms with Gasteiger partial charge < -0.3 is 10.3 Å². The summed E-state index contributed by atoms with van der Waals surface area (Å²) >= 11 is 0. The Kier molecular flexibility index (Phi) is 4.03. The highest BCUT2D eigenvalue weighted by Gasteiger charge is 2.15. The van der Waals surface area contributed by atoms with Gasteiger partial charge in [0.05, 0.1) is 0 Å². The number of H-pyrrole nitrogens is 1. The molecule has 0 unspecified atom stereocenters. The van der Waals surface area contributed by atoms with Gasteiger partial charge in [-0.1, -0.05) is 32.1 Å². The molecule has 1 aliphatic carbocycles. The lowest BCUT2D eigenvalue weighted by molar-refractivity contribution is 0.0926. The fraction of sp³-hybridized carbons (Fsp3) is 0.615. The Morgan fingerprint density at radius 2 is 1.88 bits per heavy atom. The Bertz CT molecular complexity index is 311. The summed E-state index contributed by atoms with van der Waals surface area (Å²) in [5.41, 5.74) is 0.669. The number of carbonyl (C=O) groups is 1. The molecule has 1 fully saturated rings. The molecule has 1 heterocycles. The van der Waals surface area contributed by atoms with Gasteiger partial charge in [-0.3, -0.25) is 4.79 Å². The van der Waals surface area contributed by atoms with Crippen molar-refractivity contribution in [3.63, 3.8) is 0 Å². The molecule has 0 atom stereocenters. The topological polar surface area (TPSA) is 44.9 Å². The van der Waals surface area contributed by atoms with Crippen LogP contribution < -0.4 is 5.32 Å². The van der Waals surface area contributed by atoms with E-state index in [0.29, 0.717) is 11.7 Å². The van der Waals surface area contributed by atoms with Gasteiger partial charge in [0.15, 0.2) is 0 Å². The minimum atomic E-state index is 0.0376. The van der Waals surface area contributed by atoms with E-state index in [2.05, 4.69) is 10.3 Å². The van der Waals surface area contributed by atoms with Gasteiger partial charge in [-0.2, -0.15) is 0 Å². The Morgan fingerprint density at radius 3 is 2.50 bits per heavy atom. The molecule has 3 nitrogen and oxygen atoms in total. The number of amides is 1. The molecule has 1 aromatic heterocycles. The summed E-state index contributed by atoms with van der Waals surface area (Å²) in [6, 6.07) is 4.04. The Hall–Kier alpha value is -1.25. The summed E-state index contributed by atoms with van der Waals surface area (Å²) in [5.74, 6) is 0.0376. The number of aromatic amines is 1. The number of aromatic nitrogens is 1. The maximum absolute atomic E-state index is 11.8. The van der Waals surface area contributed by atoms with Crippen molar-refractivity contribution in [1.29, 1.82) is 0 Å². The standard InChI is InChI=1S/C13H20N2O/c16-13(12-9-6-10-14-12)15-11-7-4-2-1-3-5-8-11/h6,9-11,14H,1-5,7-8H2,(H,15,16). The molecule has 1 aliphatic rings. The lowest BCUT2D eigenvalue weighted by Crippen LogP contribution is -2.35. The molecule has 0 radical (unpaired) electrons. The molecule has 3 heteroatoms. The van der Waals surface area contributed by atoms with Crippen LogP contribution in [0.15, 0.2) is 18.3 Å². The van der Waals surface area contributed by atoms with Crippen molar-refractivity contribution >= 4 is 5.91 Å². The van der Waals surface area contributed by atoms with Crippen LogP contribution in [0, 0.1) is 0 Å². The van der Waals surface area contributed by atoms with Gasteiger partial charge in [-0.15, -0.1) is 0 Å². The fourth-order valence-electron chi connectivity index (χ4n) is 2.34. The van der Waals surface area contributed by atoms with Crippen molar-refractivity contribution in [2.45, 2.75) is 51.0 Å². The number of rotatable bonds is 2. The molecule has 0 saturated heterocycles. The SMILES string of the molecule is O=C(NC1CCCCCCC1)c1ccc[nH]1. The Morgan fingerprint density at radius 1 is 1.19 bits per heavy atom. The average molecular weight is 220 g/mol. The van der Waals surface area contributed by atoms with Crippen molar-refractivity contribution in [2.75, 3.05) is 0 Å². The molecule has 16 heavy (non-hydrogen) atoms. The molecule has 1 aromatic rings. The number of hydrogen-bond donors (Lipinski definition) is 2. The monoisotopic (exact) mass is 220 g/mol. The van der Waals surface area contributed by atoms with E-state index in [4.69, 9.17) is 0 Å². The highest BCUT2D eigenvalue weighted by molar-refractivity contribution is 5.92. The predicted molar refractivity (Wildman–Crippen MR) is 64.4 cm³/mol. The molecule has 1 amide bonds. The molecule has 0 aromatic carbocycles. The third-order valence-corrected chi connectivity index (χ3v) is 3.28. The van der Waals surface area contributed by atoms with Gasteiger partial charge in [-0.25, -0.2) is 0 Å². The van der Waals surface area contributed by atoms with E-state index in [1.54, 1.807) is 6.20 Å². The van der Waals surface area contributed by atoms with Crippen LogP contribution in [0.1, 0.15) is 55.4 Å². The van der Waals surface area contributed by atoms with Crippen LogP contribution in [0.5, 0.6) is 0 Å². The highest BCUT2D eigenvalue weighted by atomic mass is 16.1. The van der Waals surface area contributed by atoms with Gasteiger partial charge in [0.1, 0.15) is 5.69 Å². The minimum Gasteiger partial charge on any atom is -0.357 e. The number of hydrogen-bond acceptors (Lipinski definition) is 1. The minimum absolute atomic E-state index is 0.0376. The third-order valence-electron chi connectivity index (χ3n) is 3.28. The van der Waals surface area contributed by atoms with Crippen molar-refractivity contribution in [2.24, 2.45) is 0 Å². The molecule has 0 spiro atoms. The van der Waals surface area contributed by atoms with Gasteiger partial charge in [0, 0.05) is 12.2 Å². The summed E-state index contributed by atoms with van der Waals surface area (Å²) in [7, 11) is 0. The zero-order chi connectivity index (χ0) is 11.2. The van der Waals surface area contributed by atoms with Crippen LogP contribution in [-0.2, 0) is 0 Å². The first-order chi connectivity index (χ1) is 7.86. The van der Waals surface area contributed by atoms with Crippen LogP contribution in [0.2, 0.25) is 0 Å². The highest BCUT2D eigenvalue weighted by Crippen LogP contribution is 2.17. The van der Waals surface area contributed by atoms with Crippen LogP contribution in [0.25, 0.3) is 0 Å². The largest absolute Gasteiger partial charge is 0.357 e. The van der Waals surface area contributed by atoms with Crippen molar-refractivity contribution in [3.05, 3.63) is 24.0 Å². The van der Waals surface area contributed by atoms with Gasteiger partial charge in [0.2, 0.25) is 0 Å². The molecule has 2 rings (SSSR count). The summed E-state index contributed by atoms with van der Waals surface area (Å²) in [4.78, 5) is 14.8. The molecule has 2 N–H and O–H groups in total. The summed E-state index contributed by atoms with van der Waals surface area (Å²) in [5, 5.41) is 3.12. The number of carbonyl (C=O) groups excluding carboxylic acids is 1. The smallest absolute Gasteiger partial charge is 0.267 e. The first-order valence-electron chi connectivity index (χ1n) is 6.30. The number of nitrogens with one attached hydrogen (secondary N) is 2. The normalized spacial score (nSPS) is 18.8. The molecule has 88 valence electrons. The second-order valence-electron chi connectivity index (χ2n) is 4.60. The molecule has 1 saturated carbocycles. The van der Waals surface area contributed by atoms with Crippen molar-refractivity contribution in [3.8, 4) is 0 Å². The second kappa shape index (κ2) is 5.73. The van der Waals surface area contributed by atoms with Crippen LogP contribution in [-0.4, -0.2) is 16.9 Å². The molecule has 0 aliphatic heterocycles. The maximum atomic E-state index is 11.8. The predicted octanol–water partition coefficient (Wildman–Crippen LogP) is 2.86. The van der Waals surface area contributed by atoms with E-state index < -0.39 is 0 Å². The Balaban J connectivity index is 1.85. The van der Waals surface area contributed by atoms with Crippen molar-refractivity contribution in [1.82, 2.24) is 10.3 Å². The van der Waals surface area contributed by atoms with Crippen LogP contribution in [0.3, 0.4) is 0 Å². The first-order valence-corrected chi connectivity index (χ1v) is 6.30. The summed E-state index contributed by atoms with van der Waals surface area (Å²) < 4.78 is 0. The lowest BCUT2D eigenvalue weighted by Gasteiger charge is -2.20. The average Bonchev–Trinajstić information content (AvgIpc) is 2.74. The zero-order valence-electron chi connectivity index (χ0n) is 9.67. The Labute approximate surface area is 96.6 Å². The van der Waals surface area contributed by atoms with Crippen molar-refractivity contribution < 1.29 is 4.79 Å². The van der Waals surface area contributed by atoms with E-state index in [-0.39, 0.29) is 5.91 Å². The lowest BCUT2D eigenvalue weighted by atomic mass is 9.96. The maximum Gasteiger partial charge on any atom is 0.267 e.